The van der Waals surface area contributed by atoms with Gasteiger partial charge in [0, 0.05) is 18.3 Å². The van der Waals surface area contributed by atoms with Gasteiger partial charge in [0.2, 0.25) is 17.7 Å². The van der Waals surface area contributed by atoms with Crippen LogP contribution in [0.5, 0.6) is 0 Å². The van der Waals surface area contributed by atoms with Gasteiger partial charge in [0.1, 0.15) is 0 Å². The van der Waals surface area contributed by atoms with Gasteiger partial charge in [-0.2, -0.15) is 0 Å². The highest BCUT2D eigenvalue weighted by Gasteiger charge is 2.11. The average Bonchev–Trinajstić information content (AvgIpc) is 3.11. The minimum absolute atomic E-state index is 0.135. The predicted octanol–water partition coefficient (Wildman–Crippen LogP) is 3.66. The molecule has 28 heavy (non-hydrogen) atoms. The van der Waals surface area contributed by atoms with E-state index in [-0.39, 0.29) is 17.6 Å². The van der Waals surface area contributed by atoms with E-state index in [1.54, 1.807) is 12.1 Å². The molecule has 1 aromatic heterocycles. The summed E-state index contributed by atoms with van der Waals surface area (Å²) in [5.41, 5.74) is 3.27. The first-order valence-corrected chi connectivity index (χ1v) is 9.65. The van der Waals surface area contributed by atoms with Crippen molar-refractivity contribution in [3.63, 3.8) is 0 Å². The van der Waals surface area contributed by atoms with Gasteiger partial charge >= 0.3 is 0 Å². The number of carbonyl (C=O) groups excluding carboxylic acids is 2. The molecule has 0 bridgehead atoms. The van der Waals surface area contributed by atoms with Crippen molar-refractivity contribution in [3.8, 4) is 0 Å². The molecule has 0 spiro atoms. The number of aryl methyl sites for hydroxylation is 1. The molecule has 3 rings (SSSR count). The van der Waals surface area contributed by atoms with Gasteiger partial charge in [0.25, 0.3) is 5.22 Å². The third kappa shape index (κ3) is 5.68. The van der Waals surface area contributed by atoms with E-state index in [1.165, 1.54) is 18.7 Å². The first-order valence-electron chi connectivity index (χ1n) is 8.67. The third-order valence-corrected chi connectivity index (χ3v) is 4.62. The van der Waals surface area contributed by atoms with Crippen LogP contribution < -0.4 is 10.6 Å². The molecule has 0 radical (unpaired) electrons. The Morgan fingerprint density at radius 3 is 2.61 bits per heavy atom. The second kappa shape index (κ2) is 9.18. The Kier molecular flexibility index (Phi) is 6.44. The van der Waals surface area contributed by atoms with Crippen LogP contribution in [0.1, 0.15) is 23.9 Å². The Bertz CT molecular complexity index is 973. The quantitative estimate of drug-likeness (QED) is 0.592. The van der Waals surface area contributed by atoms with Crippen LogP contribution in [0.3, 0.4) is 0 Å². The molecule has 0 atom stereocenters. The van der Waals surface area contributed by atoms with Gasteiger partial charge in [0.05, 0.1) is 12.2 Å². The molecule has 8 heteroatoms. The number of hydrogen-bond acceptors (Lipinski definition) is 6. The number of hydrogen-bond donors (Lipinski definition) is 2. The Labute approximate surface area is 166 Å². The van der Waals surface area contributed by atoms with Gasteiger partial charge in [-0.05, 0) is 30.2 Å². The summed E-state index contributed by atoms with van der Waals surface area (Å²) in [6.45, 7) is 3.33. The number of carbonyl (C=O) groups is 2. The van der Waals surface area contributed by atoms with Crippen molar-refractivity contribution >= 4 is 35.0 Å². The van der Waals surface area contributed by atoms with E-state index in [1.807, 2.05) is 43.3 Å². The van der Waals surface area contributed by atoms with Crippen LogP contribution in [0.25, 0.3) is 0 Å². The number of benzene rings is 2. The standard InChI is InChI=1S/C20H20N4O3S/c1-13-8-9-16(11-17(13)21-14(2)25)22-18(26)12-28-20-24-23-19(27-20)10-15-6-4-3-5-7-15/h3-9,11H,10,12H2,1-2H3,(H,21,25)(H,22,26). The first-order chi connectivity index (χ1) is 13.5. The van der Waals surface area contributed by atoms with Crippen LogP contribution in [-0.2, 0) is 16.0 Å². The van der Waals surface area contributed by atoms with Crippen molar-refractivity contribution in [3.05, 3.63) is 65.5 Å². The molecule has 2 N–H and O–H groups in total. The Morgan fingerprint density at radius 2 is 1.86 bits per heavy atom. The highest BCUT2D eigenvalue weighted by molar-refractivity contribution is 7.99. The summed E-state index contributed by atoms with van der Waals surface area (Å²) >= 11 is 1.18. The van der Waals surface area contributed by atoms with Crippen LogP contribution in [0.2, 0.25) is 0 Å². The van der Waals surface area contributed by atoms with Gasteiger partial charge in [-0.25, -0.2) is 0 Å². The monoisotopic (exact) mass is 396 g/mol. The highest BCUT2D eigenvalue weighted by atomic mass is 32.2. The van der Waals surface area contributed by atoms with Crippen molar-refractivity contribution in [2.45, 2.75) is 25.5 Å². The number of rotatable bonds is 7. The summed E-state index contributed by atoms with van der Waals surface area (Å²) in [6.07, 6.45) is 0.551. The summed E-state index contributed by atoms with van der Waals surface area (Å²) in [7, 11) is 0. The molecule has 0 fully saturated rings. The second-order valence-electron chi connectivity index (χ2n) is 6.17. The lowest BCUT2D eigenvalue weighted by Gasteiger charge is -2.10. The molecule has 0 aliphatic rings. The van der Waals surface area contributed by atoms with Gasteiger partial charge < -0.3 is 15.1 Å². The predicted molar refractivity (Wildman–Crippen MR) is 108 cm³/mol. The van der Waals surface area contributed by atoms with Crippen LogP contribution in [0, 0.1) is 6.92 Å². The van der Waals surface area contributed by atoms with Crippen molar-refractivity contribution < 1.29 is 14.0 Å². The van der Waals surface area contributed by atoms with Crippen LogP contribution in [-0.4, -0.2) is 27.8 Å². The normalized spacial score (nSPS) is 10.5. The van der Waals surface area contributed by atoms with Gasteiger partial charge in [-0.3, -0.25) is 9.59 Å². The van der Waals surface area contributed by atoms with Gasteiger partial charge in [-0.15, -0.1) is 10.2 Å². The Morgan fingerprint density at radius 1 is 1.07 bits per heavy atom. The molecule has 1 heterocycles. The lowest BCUT2D eigenvalue weighted by molar-refractivity contribution is -0.114. The maximum absolute atomic E-state index is 12.2. The molecule has 7 nitrogen and oxygen atoms in total. The fraction of sp³-hybridized carbons (Fsp3) is 0.200. The fourth-order valence-corrected chi connectivity index (χ4v) is 3.07. The number of aromatic nitrogens is 2. The van der Waals surface area contributed by atoms with E-state index in [0.29, 0.717) is 28.9 Å². The molecular formula is C20H20N4O3S. The smallest absolute Gasteiger partial charge is 0.277 e. The first kappa shape index (κ1) is 19.6. The Hall–Kier alpha value is -3.13. The summed E-state index contributed by atoms with van der Waals surface area (Å²) in [5, 5.41) is 13.9. The molecule has 0 unspecified atom stereocenters. The molecule has 0 saturated carbocycles. The summed E-state index contributed by atoms with van der Waals surface area (Å²) in [5.74, 6) is 0.277. The zero-order valence-electron chi connectivity index (χ0n) is 15.6. The molecule has 3 aromatic rings. The maximum Gasteiger partial charge on any atom is 0.277 e. The number of nitrogens with one attached hydrogen (secondary N) is 2. The number of anilines is 2. The summed E-state index contributed by atoms with van der Waals surface area (Å²) in [4.78, 5) is 23.4. The van der Waals surface area contributed by atoms with E-state index in [9.17, 15) is 9.59 Å². The third-order valence-electron chi connectivity index (χ3n) is 3.81. The van der Waals surface area contributed by atoms with Crippen molar-refractivity contribution in [2.75, 3.05) is 16.4 Å². The lowest BCUT2D eigenvalue weighted by Crippen LogP contribution is -2.15. The van der Waals surface area contributed by atoms with E-state index >= 15 is 0 Å². The van der Waals surface area contributed by atoms with E-state index in [0.717, 1.165) is 11.1 Å². The molecular weight excluding hydrogens is 376 g/mol. The average molecular weight is 396 g/mol. The second-order valence-corrected chi connectivity index (χ2v) is 7.10. The largest absolute Gasteiger partial charge is 0.416 e. The molecule has 2 aromatic carbocycles. The molecule has 0 aliphatic carbocycles. The molecule has 0 saturated heterocycles. The number of nitrogens with zero attached hydrogens (tertiary/aromatic N) is 2. The number of thioether (sulfide) groups is 1. The molecule has 0 aliphatic heterocycles. The zero-order valence-corrected chi connectivity index (χ0v) is 16.4. The zero-order chi connectivity index (χ0) is 19.9. The van der Waals surface area contributed by atoms with Crippen LogP contribution in [0.4, 0.5) is 11.4 Å². The summed E-state index contributed by atoms with van der Waals surface area (Å²) in [6, 6.07) is 15.2. The summed E-state index contributed by atoms with van der Waals surface area (Å²) < 4.78 is 5.58. The van der Waals surface area contributed by atoms with Crippen molar-refractivity contribution in [1.29, 1.82) is 0 Å². The Balaban J connectivity index is 1.53. The van der Waals surface area contributed by atoms with E-state index in [2.05, 4.69) is 20.8 Å². The van der Waals surface area contributed by atoms with Gasteiger partial charge in [-0.1, -0.05) is 48.2 Å². The minimum atomic E-state index is -0.203. The van der Waals surface area contributed by atoms with Crippen LogP contribution >= 0.6 is 11.8 Å². The SMILES string of the molecule is CC(=O)Nc1cc(NC(=O)CSc2nnc(Cc3ccccc3)o2)ccc1C. The molecule has 144 valence electrons. The van der Waals surface area contributed by atoms with Crippen molar-refractivity contribution in [1.82, 2.24) is 10.2 Å². The van der Waals surface area contributed by atoms with Gasteiger partial charge in [0.15, 0.2) is 0 Å². The maximum atomic E-state index is 12.2. The minimum Gasteiger partial charge on any atom is -0.416 e. The topological polar surface area (TPSA) is 97.1 Å². The van der Waals surface area contributed by atoms with Crippen LogP contribution in [0.15, 0.2) is 58.2 Å². The molecule has 2 amide bonds. The highest BCUT2D eigenvalue weighted by Crippen LogP contribution is 2.22. The lowest BCUT2D eigenvalue weighted by atomic mass is 10.2. The van der Waals surface area contributed by atoms with Crippen molar-refractivity contribution in [2.24, 2.45) is 0 Å². The fourth-order valence-electron chi connectivity index (χ4n) is 2.49. The number of amides is 2. The van der Waals surface area contributed by atoms with E-state index in [4.69, 9.17) is 4.42 Å². The van der Waals surface area contributed by atoms with E-state index < -0.39 is 0 Å².